The molecule has 1 aromatic heterocycles. The van der Waals surface area contributed by atoms with E-state index in [1.54, 1.807) is 41.8 Å². The number of rotatable bonds is 4. The van der Waals surface area contributed by atoms with E-state index in [-0.39, 0.29) is 10.9 Å². The summed E-state index contributed by atoms with van der Waals surface area (Å²) < 4.78 is 28.2. The second kappa shape index (κ2) is 6.04. The van der Waals surface area contributed by atoms with Crippen molar-refractivity contribution in [3.05, 3.63) is 40.3 Å². The van der Waals surface area contributed by atoms with Gasteiger partial charge in [0.1, 0.15) is 0 Å². The average Bonchev–Trinajstić information content (AvgIpc) is 3.09. The van der Waals surface area contributed by atoms with Crippen LogP contribution >= 0.6 is 27.3 Å². The highest BCUT2D eigenvalue weighted by atomic mass is 79.9. The summed E-state index contributed by atoms with van der Waals surface area (Å²) in [4.78, 5) is 6.65. The number of nitrogens with one attached hydrogen (secondary N) is 1. The molecule has 0 aliphatic carbocycles. The summed E-state index contributed by atoms with van der Waals surface area (Å²) in [5.74, 6) is 0. The van der Waals surface area contributed by atoms with Crippen molar-refractivity contribution in [1.82, 2.24) is 9.71 Å². The Morgan fingerprint density at radius 1 is 1.38 bits per heavy atom. The molecular weight excluding hydrogens is 374 g/mol. The molecule has 1 aromatic carbocycles. The number of thiazole rings is 1. The molecule has 0 spiro atoms. The highest BCUT2D eigenvalue weighted by molar-refractivity contribution is 9.10. The quantitative estimate of drug-likeness (QED) is 0.874. The van der Waals surface area contributed by atoms with Gasteiger partial charge in [-0.05, 0) is 34.5 Å². The zero-order valence-electron chi connectivity index (χ0n) is 11.1. The van der Waals surface area contributed by atoms with Gasteiger partial charge < -0.3 is 4.90 Å². The fourth-order valence-corrected chi connectivity index (χ4v) is 5.29. The minimum atomic E-state index is -3.51. The molecule has 0 amide bonds. The lowest BCUT2D eigenvalue weighted by Gasteiger charge is -2.16. The van der Waals surface area contributed by atoms with E-state index in [4.69, 9.17) is 0 Å². The first-order valence-electron chi connectivity index (χ1n) is 6.47. The first-order valence-corrected chi connectivity index (χ1v) is 9.63. The molecule has 1 atom stereocenters. The minimum absolute atomic E-state index is 0.0917. The summed E-state index contributed by atoms with van der Waals surface area (Å²) in [5.41, 5.74) is 0. The standard InChI is InChI=1S/C13H14BrN3O2S2/c14-11-3-1-2-4-12(11)21(18,19)16-10-5-7-17(9-10)13-15-6-8-20-13/h1-4,6,8,10,16H,5,7,9H2/t10-/m1/s1. The lowest BCUT2D eigenvalue weighted by molar-refractivity contribution is 0.561. The average molecular weight is 388 g/mol. The summed E-state index contributed by atoms with van der Waals surface area (Å²) in [6, 6.07) is 6.75. The molecule has 21 heavy (non-hydrogen) atoms. The molecule has 1 aliphatic rings. The van der Waals surface area contributed by atoms with Gasteiger partial charge in [0.15, 0.2) is 5.13 Å². The Morgan fingerprint density at radius 3 is 2.90 bits per heavy atom. The van der Waals surface area contributed by atoms with Gasteiger partial charge >= 0.3 is 0 Å². The fraction of sp³-hybridized carbons (Fsp3) is 0.308. The van der Waals surface area contributed by atoms with Crippen LogP contribution in [0.2, 0.25) is 0 Å². The lowest BCUT2D eigenvalue weighted by Crippen LogP contribution is -2.37. The summed E-state index contributed by atoms with van der Waals surface area (Å²) in [6.45, 7) is 1.47. The van der Waals surface area contributed by atoms with Crippen molar-refractivity contribution in [3.63, 3.8) is 0 Å². The van der Waals surface area contributed by atoms with Gasteiger partial charge in [0, 0.05) is 35.2 Å². The van der Waals surface area contributed by atoms with Gasteiger partial charge in [-0.3, -0.25) is 0 Å². The van der Waals surface area contributed by atoms with Crippen LogP contribution in [0.5, 0.6) is 0 Å². The Kier molecular flexibility index (Phi) is 4.30. The smallest absolute Gasteiger partial charge is 0.242 e. The largest absolute Gasteiger partial charge is 0.346 e. The second-order valence-corrected chi connectivity index (χ2v) is 8.21. The molecule has 8 heteroatoms. The van der Waals surface area contributed by atoms with E-state index in [1.165, 1.54) is 0 Å². The van der Waals surface area contributed by atoms with Crippen LogP contribution in [0, 0.1) is 0 Å². The number of sulfonamides is 1. The van der Waals surface area contributed by atoms with Crippen LogP contribution < -0.4 is 9.62 Å². The van der Waals surface area contributed by atoms with Gasteiger partial charge in [-0.2, -0.15) is 0 Å². The topological polar surface area (TPSA) is 62.3 Å². The number of aromatic nitrogens is 1. The number of benzene rings is 1. The molecule has 1 N–H and O–H groups in total. The van der Waals surface area contributed by atoms with Crippen molar-refractivity contribution < 1.29 is 8.42 Å². The number of hydrogen-bond donors (Lipinski definition) is 1. The fourth-order valence-electron chi connectivity index (χ4n) is 2.35. The van der Waals surface area contributed by atoms with Crippen LogP contribution in [0.4, 0.5) is 5.13 Å². The molecule has 2 aromatic rings. The van der Waals surface area contributed by atoms with Crippen molar-refractivity contribution >= 4 is 42.4 Å². The van der Waals surface area contributed by atoms with Gasteiger partial charge in [-0.1, -0.05) is 12.1 Å². The van der Waals surface area contributed by atoms with Gasteiger partial charge in [0.05, 0.1) is 4.90 Å². The van der Waals surface area contributed by atoms with E-state index in [0.717, 1.165) is 18.1 Å². The molecule has 112 valence electrons. The van der Waals surface area contributed by atoms with Crippen LogP contribution in [0.25, 0.3) is 0 Å². The van der Waals surface area contributed by atoms with E-state index in [0.29, 0.717) is 11.0 Å². The normalized spacial score (nSPS) is 19.1. The Hall–Kier alpha value is -0.960. The van der Waals surface area contributed by atoms with Gasteiger partial charge in [-0.25, -0.2) is 18.1 Å². The molecule has 0 bridgehead atoms. The van der Waals surface area contributed by atoms with Crippen LogP contribution in [-0.4, -0.2) is 32.5 Å². The number of halogens is 1. The van der Waals surface area contributed by atoms with Crippen LogP contribution in [0.1, 0.15) is 6.42 Å². The first kappa shape index (κ1) is 15.0. The zero-order chi connectivity index (χ0) is 14.9. The maximum Gasteiger partial charge on any atom is 0.242 e. The molecule has 3 rings (SSSR count). The Bertz CT molecular complexity index is 719. The van der Waals surface area contributed by atoms with Gasteiger partial charge in [-0.15, -0.1) is 11.3 Å². The third-order valence-corrected chi connectivity index (χ3v) is 6.69. The predicted molar refractivity (Wildman–Crippen MR) is 87.2 cm³/mol. The zero-order valence-corrected chi connectivity index (χ0v) is 14.3. The molecule has 1 saturated heterocycles. The van der Waals surface area contributed by atoms with Crippen molar-refractivity contribution in [2.75, 3.05) is 18.0 Å². The van der Waals surface area contributed by atoms with Crippen molar-refractivity contribution in [2.24, 2.45) is 0 Å². The summed E-state index contributed by atoms with van der Waals surface area (Å²) >= 11 is 4.86. The van der Waals surface area contributed by atoms with E-state index in [1.807, 2.05) is 5.38 Å². The van der Waals surface area contributed by atoms with Crippen LogP contribution in [-0.2, 0) is 10.0 Å². The number of nitrogens with zero attached hydrogens (tertiary/aromatic N) is 2. The maximum absolute atomic E-state index is 12.4. The van der Waals surface area contributed by atoms with Crippen LogP contribution in [0.15, 0.2) is 45.2 Å². The summed E-state index contributed by atoms with van der Waals surface area (Å²) in [7, 11) is -3.51. The third-order valence-electron chi connectivity index (χ3n) is 3.33. The Balaban J connectivity index is 1.71. The molecule has 1 aliphatic heterocycles. The van der Waals surface area contributed by atoms with Crippen molar-refractivity contribution in [1.29, 1.82) is 0 Å². The molecular formula is C13H14BrN3O2S2. The third kappa shape index (κ3) is 3.28. The molecule has 2 heterocycles. The van der Waals surface area contributed by atoms with Crippen molar-refractivity contribution in [3.8, 4) is 0 Å². The molecule has 1 fully saturated rings. The van der Waals surface area contributed by atoms with E-state index >= 15 is 0 Å². The molecule has 5 nitrogen and oxygen atoms in total. The van der Waals surface area contributed by atoms with E-state index in [9.17, 15) is 8.42 Å². The Labute approximate surface area is 136 Å². The number of anilines is 1. The highest BCUT2D eigenvalue weighted by Crippen LogP contribution is 2.25. The molecule has 0 radical (unpaired) electrons. The van der Waals surface area contributed by atoms with E-state index < -0.39 is 10.0 Å². The summed E-state index contributed by atoms with van der Waals surface area (Å²) in [6.07, 6.45) is 2.54. The first-order chi connectivity index (χ1) is 10.1. The predicted octanol–water partition coefficient (Wildman–Crippen LogP) is 2.46. The number of hydrogen-bond acceptors (Lipinski definition) is 5. The van der Waals surface area contributed by atoms with Gasteiger partial charge in [0.2, 0.25) is 10.0 Å². The second-order valence-electron chi connectivity index (χ2n) is 4.80. The molecule has 0 saturated carbocycles. The minimum Gasteiger partial charge on any atom is -0.346 e. The monoisotopic (exact) mass is 387 g/mol. The highest BCUT2D eigenvalue weighted by Gasteiger charge is 2.29. The van der Waals surface area contributed by atoms with E-state index in [2.05, 4.69) is 30.5 Å². The van der Waals surface area contributed by atoms with Crippen LogP contribution in [0.3, 0.4) is 0 Å². The van der Waals surface area contributed by atoms with Gasteiger partial charge in [0.25, 0.3) is 0 Å². The maximum atomic E-state index is 12.4. The SMILES string of the molecule is O=S(=O)(N[C@@H]1CCN(c2nccs2)C1)c1ccccc1Br. The Morgan fingerprint density at radius 2 is 2.19 bits per heavy atom. The lowest BCUT2D eigenvalue weighted by atomic mass is 10.3. The molecule has 0 unspecified atom stereocenters. The van der Waals surface area contributed by atoms with Crippen molar-refractivity contribution in [2.45, 2.75) is 17.4 Å². The summed E-state index contributed by atoms with van der Waals surface area (Å²) in [5, 5.41) is 2.87.